The Hall–Kier alpha value is -2.61. The first kappa shape index (κ1) is 17.8. The molecule has 2 nitrogen and oxygen atoms in total. The standard InChI is InChI=1S/C25H28N2/c1-16(2)21-13-17(12-18-8-6-7-9-20(18)21)14-24-26-22-11-10-19(25(3,4)5)15-23(22)27-24/h6-13,15-16H,14H2,1-5H3,(H,26,27). The number of hydrogen-bond donors (Lipinski definition) is 1. The third-order valence-electron chi connectivity index (χ3n) is 5.34. The molecule has 0 aliphatic rings. The molecular formula is C25H28N2. The van der Waals surface area contributed by atoms with E-state index in [-0.39, 0.29) is 5.41 Å². The first-order valence-corrected chi connectivity index (χ1v) is 9.82. The molecule has 1 N–H and O–H groups in total. The molecule has 0 radical (unpaired) electrons. The van der Waals surface area contributed by atoms with Gasteiger partial charge in [-0.3, -0.25) is 0 Å². The van der Waals surface area contributed by atoms with Gasteiger partial charge in [0.25, 0.3) is 0 Å². The molecule has 4 rings (SSSR count). The number of imidazole rings is 1. The maximum absolute atomic E-state index is 4.83. The Balaban J connectivity index is 1.73. The van der Waals surface area contributed by atoms with E-state index in [1.807, 2.05) is 0 Å². The second kappa shape index (κ2) is 6.53. The summed E-state index contributed by atoms with van der Waals surface area (Å²) in [5, 5.41) is 2.67. The van der Waals surface area contributed by atoms with Crippen LogP contribution in [0.1, 0.15) is 63.1 Å². The zero-order valence-corrected chi connectivity index (χ0v) is 16.9. The van der Waals surface area contributed by atoms with E-state index < -0.39 is 0 Å². The summed E-state index contributed by atoms with van der Waals surface area (Å²) >= 11 is 0. The third kappa shape index (κ3) is 3.49. The van der Waals surface area contributed by atoms with Crippen molar-refractivity contribution in [2.24, 2.45) is 0 Å². The second-order valence-electron chi connectivity index (χ2n) is 8.90. The number of nitrogens with zero attached hydrogens (tertiary/aromatic N) is 1. The molecule has 0 atom stereocenters. The van der Waals surface area contributed by atoms with Crippen LogP contribution in [0.15, 0.2) is 54.6 Å². The van der Waals surface area contributed by atoms with Gasteiger partial charge in [0, 0.05) is 6.42 Å². The van der Waals surface area contributed by atoms with E-state index >= 15 is 0 Å². The number of rotatable bonds is 3. The predicted octanol–water partition coefficient (Wildman–Crippen LogP) is 6.73. The first-order chi connectivity index (χ1) is 12.8. The van der Waals surface area contributed by atoms with E-state index in [1.165, 1.54) is 27.5 Å². The molecule has 0 saturated carbocycles. The van der Waals surface area contributed by atoms with Gasteiger partial charge in [-0.2, -0.15) is 0 Å². The summed E-state index contributed by atoms with van der Waals surface area (Å²) in [4.78, 5) is 8.37. The van der Waals surface area contributed by atoms with Gasteiger partial charge in [0.05, 0.1) is 11.0 Å². The number of hydrogen-bond acceptors (Lipinski definition) is 1. The number of benzene rings is 3. The summed E-state index contributed by atoms with van der Waals surface area (Å²) < 4.78 is 0. The molecule has 0 aliphatic carbocycles. The van der Waals surface area contributed by atoms with E-state index in [9.17, 15) is 0 Å². The highest BCUT2D eigenvalue weighted by atomic mass is 14.9. The Labute approximate surface area is 161 Å². The molecule has 0 fully saturated rings. The molecule has 2 heteroatoms. The van der Waals surface area contributed by atoms with Gasteiger partial charge in [-0.05, 0) is 50.9 Å². The van der Waals surface area contributed by atoms with E-state index in [0.717, 1.165) is 23.3 Å². The number of fused-ring (bicyclic) bond motifs is 2. The van der Waals surface area contributed by atoms with Crippen molar-refractivity contribution in [3.05, 3.63) is 77.1 Å². The van der Waals surface area contributed by atoms with Crippen LogP contribution in [0, 0.1) is 0 Å². The molecular weight excluding hydrogens is 328 g/mol. The van der Waals surface area contributed by atoms with E-state index in [0.29, 0.717) is 5.92 Å². The Morgan fingerprint density at radius 1 is 0.963 bits per heavy atom. The lowest BCUT2D eigenvalue weighted by molar-refractivity contribution is 0.591. The summed E-state index contributed by atoms with van der Waals surface area (Å²) in [5.41, 5.74) is 6.37. The molecule has 27 heavy (non-hydrogen) atoms. The van der Waals surface area contributed by atoms with Gasteiger partial charge in [0.15, 0.2) is 0 Å². The lowest BCUT2D eigenvalue weighted by Crippen LogP contribution is -2.10. The van der Waals surface area contributed by atoms with Crippen LogP contribution >= 0.6 is 0 Å². The maximum Gasteiger partial charge on any atom is 0.111 e. The fraction of sp³-hybridized carbons (Fsp3) is 0.320. The minimum absolute atomic E-state index is 0.143. The Kier molecular flexibility index (Phi) is 4.30. The van der Waals surface area contributed by atoms with Crippen LogP contribution in [-0.2, 0) is 11.8 Å². The minimum atomic E-state index is 0.143. The van der Waals surface area contributed by atoms with Gasteiger partial charge < -0.3 is 4.98 Å². The number of nitrogens with one attached hydrogen (secondary N) is 1. The third-order valence-corrected chi connectivity index (χ3v) is 5.34. The monoisotopic (exact) mass is 356 g/mol. The zero-order chi connectivity index (χ0) is 19.2. The molecule has 3 aromatic carbocycles. The Bertz CT molecular complexity index is 1110. The summed E-state index contributed by atoms with van der Waals surface area (Å²) in [6.45, 7) is 11.3. The van der Waals surface area contributed by atoms with Gasteiger partial charge in [0.2, 0.25) is 0 Å². The van der Waals surface area contributed by atoms with Crippen molar-refractivity contribution in [1.82, 2.24) is 9.97 Å². The molecule has 0 unspecified atom stereocenters. The molecule has 0 aliphatic heterocycles. The number of H-pyrrole nitrogens is 1. The summed E-state index contributed by atoms with van der Waals surface area (Å²) in [7, 11) is 0. The van der Waals surface area contributed by atoms with E-state index in [4.69, 9.17) is 4.98 Å². The smallest absolute Gasteiger partial charge is 0.111 e. The molecule has 0 amide bonds. The molecule has 0 saturated heterocycles. The maximum atomic E-state index is 4.83. The van der Waals surface area contributed by atoms with Crippen LogP contribution in [0.3, 0.4) is 0 Å². The van der Waals surface area contributed by atoms with Crippen LogP contribution < -0.4 is 0 Å². The molecule has 138 valence electrons. The van der Waals surface area contributed by atoms with E-state index in [2.05, 4.69) is 94.2 Å². The largest absolute Gasteiger partial charge is 0.342 e. The number of aromatic amines is 1. The molecule has 0 spiro atoms. The Morgan fingerprint density at radius 3 is 2.48 bits per heavy atom. The van der Waals surface area contributed by atoms with Crippen molar-refractivity contribution >= 4 is 21.8 Å². The lowest BCUT2D eigenvalue weighted by Gasteiger charge is -2.18. The van der Waals surface area contributed by atoms with Crippen molar-refractivity contribution in [3.63, 3.8) is 0 Å². The fourth-order valence-electron chi connectivity index (χ4n) is 3.79. The SMILES string of the molecule is CC(C)c1cc(Cc2nc3ccc(C(C)(C)C)cc3[nH]2)cc2ccccc12. The van der Waals surface area contributed by atoms with Gasteiger partial charge in [-0.15, -0.1) is 0 Å². The summed E-state index contributed by atoms with van der Waals surface area (Å²) in [6, 6.07) is 19.9. The summed E-state index contributed by atoms with van der Waals surface area (Å²) in [6.07, 6.45) is 0.823. The topological polar surface area (TPSA) is 28.7 Å². The van der Waals surface area contributed by atoms with Gasteiger partial charge in [-0.1, -0.05) is 77.1 Å². The Morgan fingerprint density at radius 2 is 1.74 bits per heavy atom. The van der Waals surface area contributed by atoms with Crippen LogP contribution in [0.25, 0.3) is 21.8 Å². The normalized spacial score (nSPS) is 12.4. The van der Waals surface area contributed by atoms with Crippen molar-refractivity contribution in [3.8, 4) is 0 Å². The van der Waals surface area contributed by atoms with Crippen LogP contribution in [0.5, 0.6) is 0 Å². The molecule has 1 aromatic heterocycles. The minimum Gasteiger partial charge on any atom is -0.342 e. The van der Waals surface area contributed by atoms with Crippen molar-refractivity contribution in [2.75, 3.05) is 0 Å². The highest BCUT2D eigenvalue weighted by Gasteiger charge is 2.15. The molecule has 4 aromatic rings. The quantitative estimate of drug-likeness (QED) is 0.433. The second-order valence-corrected chi connectivity index (χ2v) is 8.90. The first-order valence-electron chi connectivity index (χ1n) is 9.82. The van der Waals surface area contributed by atoms with E-state index in [1.54, 1.807) is 0 Å². The van der Waals surface area contributed by atoms with Crippen molar-refractivity contribution in [2.45, 2.75) is 52.4 Å². The zero-order valence-electron chi connectivity index (χ0n) is 16.9. The van der Waals surface area contributed by atoms with Crippen LogP contribution in [0.4, 0.5) is 0 Å². The molecule has 1 heterocycles. The van der Waals surface area contributed by atoms with Gasteiger partial charge >= 0.3 is 0 Å². The summed E-state index contributed by atoms with van der Waals surface area (Å²) in [5.74, 6) is 1.53. The fourth-order valence-corrected chi connectivity index (χ4v) is 3.79. The van der Waals surface area contributed by atoms with Crippen molar-refractivity contribution in [1.29, 1.82) is 0 Å². The molecule has 0 bridgehead atoms. The average molecular weight is 357 g/mol. The average Bonchev–Trinajstić information content (AvgIpc) is 3.01. The number of aromatic nitrogens is 2. The predicted molar refractivity (Wildman–Crippen MR) is 116 cm³/mol. The highest BCUT2D eigenvalue weighted by Crippen LogP contribution is 2.29. The van der Waals surface area contributed by atoms with Gasteiger partial charge in [0.1, 0.15) is 5.82 Å². The highest BCUT2D eigenvalue weighted by molar-refractivity contribution is 5.87. The van der Waals surface area contributed by atoms with Gasteiger partial charge in [-0.25, -0.2) is 4.98 Å². The van der Waals surface area contributed by atoms with Crippen LogP contribution in [-0.4, -0.2) is 9.97 Å². The lowest BCUT2D eigenvalue weighted by atomic mass is 9.87. The van der Waals surface area contributed by atoms with Crippen LogP contribution in [0.2, 0.25) is 0 Å². The van der Waals surface area contributed by atoms with Crippen molar-refractivity contribution < 1.29 is 0 Å².